The third-order valence-electron chi connectivity index (χ3n) is 4.02. The van der Waals surface area contributed by atoms with Crippen LogP contribution in [0.3, 0.4) is 0 Å². The predicted octanol–water partition coefficient (Wildman–Crippen LogP) is 3.84. The zero-order valence-corrected chi connectivity index (χ0v) is 17.4. The maximum atomic E-state index is 10.6. The Hall–Kier alpha value is -1.70. The fourth-order valence-corrected chi connectivity index (χ4v) is 3.01. The highest BCUT2D eigenvalue weighted by atomic mass is 35.5. The summed E-state index contributed by atoms with van der Waals surface area (Å²) in [6, 6.07) is 9.32. The van der Waals surface area contributed by atoms with Gasteiger partial charge in [-0.25, -0.2) is 4.79 Å². The topological polar surface area (TPSA) is 99.0 Å². The average molecular weight is 451 g/mol. The van der Waals surface area contributed by atoms with Gasteiger partial charge in [0.1, 0.15) is 11.5 Å². The molecule has 0 saturated carbocycles. The first-order valence-electron chi connectivity index (χ1n) is 8.31. The minimum Gasteiger partial charge on any atom is -0.508 e. The lowest BCUT2D eigenvalue weighted by Gasteiger charge is -2.21. The second kappa shape index (κ2) is 11.3. The lowest BCUT2D eigenvalue weighted by atomic mass is 10.0. The summed E-state index contributed by atoms with van der Waals surface area (Å²) in [6.45, 7) is 1.90. The van der Waals surface area contributed by atoms with Crippen LogP contribution < -0.4 is 10.1 Å². The highest BCUT2D eigenvalue weighted by molar-refractivity contribution is 6.34. The summed E-state index contributed by atoms with van der Waals surface area (Å²) in [5.41, 5.74) is 1.48. The molecule has 0 unspecified atom stereocenters. The molecule has 0 amide bonds. The number of phenolic OH excluding ortho intramolecular Hbond substituents is 1. The lowest BCUT2D eigenvalue weighted by Crippen LogP contribution is -2.33. The smallest absolute Gasteiger partial charge is 0.341 e. The van der Waals surface area contributed by atoms with Crippen molar-refractivity contribution in [3.05, 3.63) is 57.6 Å². The van der Waals surface area contributed by atoms with Crippen molar-refractivity contribution in [2.24, 2.45) is 0 Å². The number of benzene rings is 2. The van der Waals surface area contributed by atoms with Crippen LogP contribution in [0.1, 0.15) is 24.2 Å². The molecule has 0 aliphatic carbocycles. The Labute approximate surface area is 179 Å². The number of nitrogens with one attached hydrogen (secondary N) is 1. The second-order valence-electron chi connectivity index (χ2n) is 6.09. The van der Waals surface area contributed by atoms with Crippen LogP contribution in [0.5, 0.6) is 11.5 Å². The second-order valence-corrected chi connectivity index (χ2v) is 6.90. The van der Waals surface area contributed by atoms with Crippen molar-refractivity contribution >= 4 is 41.6 Å². The van der Waals surface area contributed by atoms with Gasteiger partial charge >= 0.3 is 5.97 Å². The molecule has 2 aromatic rings. The van der Waals surface area contributed by atoms with Crippen LogP contribution in [0.2, 0.25) is 10.0 Å². The van der Waals surface area contributed by atoms with E-state index >= 15 is 0 Å². The normalized spacial score (nSPS) is 12.7. The Morgan fingerprint density at radius 3 is 2.43 bits per heavy atom. The van der Waals surface area contributed by atoms with Crippen molar-refractivity contribution in [3.63, 3.8) is 0 Å². The molecule has 0 heterocycles. The number of carboxylic acid groups (broad SMARTS) is 1. The van der Waals surface area contributed by atoms with Crippen LogP contribution in [0.4, 0.5) is 0 Å². The van der Waals surface area contributed by atoms with E-state index in [2.05, 4.69) is 5.32 Å². The van der Waals surface area contributed by atoms with Crippen LogP contribution in [0, 0.1) is 0 Å². The molecule has 28 heavy (non-hydrogen) atoms. The van der Waals surface area contributed by atoms with Crippen LogP contribution in [-0.2, 0) is 11.2 Å². The summed E-state index contributed by atoms with van der Waals surface area (Å²) < 4.78 is 5.08. The van der Waals surface area contributed by atoms with Gasteiger partial charge in [0, 0.05) is 17.1 Å². The molecule has 6 nitrogen and oxygen atoms in total. The van der Waals surface area contributed by atoms with Gasteiger partial charge in [-0.3, -0.25) is 0 Å². The molecule has 2 rings (SSSR count). The van der Waals surface area contributed by atoms with Gasteiger partial charge < -0.3 is 25.4 Å². The first kappa shape index (κ1) is 24.3. The third-order valence-corrected chi connectivity index (χ3v) is 4.67. The number of carboxylic acids is 1. The highest BCUT2D eigenvalue weighted by Gasteiger charge is 2.16. The Morgan fingerprint density at radius 1 is 1.18 bits per heavy atom. The maximum absolute atomic E-state index is 10.6. The lowest BCUT2D eigenvalue weighted by molar-refractivity contribution is -0.139. The summed E-state index contributed by atoms with van der Waals surface area (Å²) in [7, 11) is 0. The summed E-state index contributed by atoms with van der Waals surface area (Å²) in [4.78, 5) is 10.6. The van der Waals surface area contributed by atoms with Crippen LogP contribution >= 0.6 is 35.6 Å². The van der Waals surface area contributed by atoms with Crippen molar-refractivity contribution in [2.75, 3.05) is 13.2 Å². The highest BCUT2D eigenvalue weighted by Crippen LogP contribution is 2.31. The number of aliphatic hydroxyl groups is 1. The quantitative estimate of drug-likeness (QED) is 0.463. The molecule has 2 aromatic carbocycles. The number of carbonyl (C=O) groups is 1. The Morgan fingerprint density at radius 2 is 1.82 bits per heavy atom. The molecule has 9 heteroatoms. The van der Waals surface area contributed by atoms with E-state index in [1.807, 2.05) is 6.92 Å². The number of rotatable bonds is 9. The largest absolute Gasteiger partial charge is 0.508 e. The zero-order valence-electron chi connectivity index (χ0n) is 15.1. The number of aliphatic hydroxyl groups excluding tert-OH is 1. The molecular weight excluding hydrogens is 429 g/mol. The van der Waals surface area contributed by atoms with E-state index in [1.54, 1.807) is 18.2 Å². The molecule has 154 valence electrons. The van der Waals surface area contributed by atoms with Gasteiger partial charge in [0.25, 0.3) is 0 Å². The molecule has 2 atom stereocenters. The summed E-state index contributed by atoms with van der Waals surface area (Å²) >= 11 is 12.3. The van der Waals surface area contributed by atoms with Gasteiger partial charge in [-0.1, -0.05) is 35.3 Å². The average Bonchev–Trinajstić information content (AvgIpc) is 2.62. The van der Waals surface area contributed by atoms with E-state index < -0.39 is 18.7 Å². The van der Waals surface area contributed by atoms with Crippen LogP contribution in [-0.4, -0.2) is 40.5 Å². The number of hydrogen-bond donors (Lipinski definition) is 4. The van der Waals surface area contributed by atoms with Gasteiger partial charge in [0.2, 0.25) is 0 Å². The third kappa shape index (κ3) is 7.04. The van der Waals surface area contributed by atoms with Gasteiger partial charge in [-0.05, 0) is 49.2 Å². The molecule has 0 fully saturated rings. The summed E-state index contributed by atoms with van der Waals surface area (Å²) in [5.74, 6) is -0.734. The van der Waals surface area contributed by atoms with Crippen molar-refractivity contribution in [3.8, 4) is 11.5 Å². The zero-order chi connectivity index (χ0) is 20.0. The van der Waals surface area contributed by atoms with Crippen molar-refractivity contribution in [1.29, 1.82) is 0 Å². The Balaban J connectivity index is 0.00000392. The summed E-state index contributed by atoms with van der Waals surface area (Å²) in [5, 5.41) is 32.3. The molecule has 0 aliphatic heterocycles. The molecule has 0 aromatic heterocycles. The Bertz CT molecular complexity index is 786. The number of halogens is 3. The Kier molecular flexibility index (Phi) is 9.85. The number of phenols is 1. The first-order valence-corrected chi connectivity index (χ1v) is 9.06. The number of aliphatic carboxylic acids is 1. The fourth-order valence-electron chi connectivity index (χ4n) is 2.52. The molecule has 4 N–H and O–H groups in total. The molecule has 0 saturated heterocycles. The minimum absolute atomic E-state index is 0. The minimum atomic E-state index is -1.10. The van der Waals surface area contributed by atoms with Crippen LogP contribution in [0.25, 0.3) is 0 Å². The van der Waals surface area contributed by atoms with Crippen molar-refractivity contribution in [2.45, 2.75) is 25.5 Å². The number of hydrogen-bond acceptors (Lipinski definition) is 5. The van der Waals surface area contributed by atoms with Gasteiger partial charge in [0.15, 0.2) is 6.61 Å². The van der Waals surface area contributed by atoms with Crippen molar-refractivity contribution in [1.82, 2.24) is 5.32 Å². The first-order chi connectivity index (χ1) is 12.8. The molecule has 0 radical (unpaired) electrons. The van der Waals surface area contributed by atoms with Gasteiger partial charge in [0.05, 0.1) is 11.1 Å². The van der Waals surface area contributed by atoms with E-state index in [0.29, 0.717) is 23.6 Å². The fraction of sp³-hybridized carbons (Fsp3) is 0.316. The van der Waals surface area contributed by atoms with E-state index in [9.17, 15) is 15.0 Å². The van der Waals surface area contributed by atoms with E-state index in [-0.39, 0.29) is 35.0 Å². The van der Waals surface area contributed by atoms with E-state index in [0.717, 1.165) is 5.56 Å². The molecule has 0 spiro atoms. The van der Waals surface area contributed by atoms with Gasteiger partial charge in [-0.15, -0.1) is 12.4 Å². The molecule has 0 bridgehead atoms. The summed E-state index contributed by atoms with van der Waals surface area (Å²) in [6.07, 6.45) is -0.166. The molecule has 0 aliphatic rings. The number of aromatic hydroxyl groups is 1. The van der Waals surface area contributed by atoms with Gasteiger partial charge in [-0.2, -0.15) is 0 Å². The van der Waals surface area contributed by atoms with E-state index in [1.165, 1.54) is 18.2 Å². The van der Waals surface area contributed by atoms with E-state index in [4.69, 9.17) is 33.0 Å². The van der Waals surface area contributed by atoms with Crippen LogP contribution in [0.15, 0.2) is 36.4 Å². The van der Waals surface area contributed by atoms with Crippen molar-refractivity contribution < 1.29 is 24.9 Å². The molecular formula is C19H22Cl3NO5. The standard InChI is InChI=1S/C19H21Cl2NO5.ClH/c1-11(19(26)12-2-4-14(23)5-3-12)22-7-6-13-8-16(21)17(9-15(13)20)27-10-18(24)25;/h2-5,8-9,11,19,22-23,26H,6-7,10H2,1H3,(H,24,25);1H/t11-,19-;/m0./s1. The predicted molar refractivity (Wildman–Crippen MR) is 111 cm³/mol. The monoisotopic (exact) mass is 449 g/mol. The number of ether oxygens (including phenoxy) is 1. The SMILES string of the molecule is C[C@H](NCCc1cc(Cl)c(OCC(=O)O)cc1Cl)[C@H](O)c1ccc(O)cc1.Cl. The maximum Gasteiger partial charge on any atom is 0.341 e.